The standard InChI is InChI=1S/C23H24N4O4S/c1-26-12-11-24-23(26)32-15-21(28)25-17-9-7-16(8-10-17)22(29)27(2)13-18-14-30-19-5-3-4-6-20(19)31-18/h3-12,18H,13-15H2,1-2H3,(H,25,28). The van der Waals surface area contributed by atoms with E-state index in [9.17, 15) is 9.59 Å². The van der Waals surface area contributed by atoms with Crippen molar-refractivity contribution >= 4 is 29.3 Å². The highest BCUT2D eigenvalue weighted by atomic mass is 32.2. The van der Waals surface area contributed by atoms with Crippen LogP contribution in [0.3, 0.4) is 0 Å². The molecule has 1 N–H and O–H groups in total. The molecule has 2 heterocycles. The first kappa shape index (κ1) is 21.8. The third-order valence-corrected chi connectivity index (χ3v) is 5.97. The zero-order valence-corrected chi connectivity index (χ0v) is 18.7. The van der Waals surface area contributed by atoms with Crippen LogP contribution in [0, 0.1) is 0 Å². The minimum atomic E-state index is -0.242. The van der Waals surface area contributed by atoms with E-state index in [0.29, 0.717) is 35.9 Å². The minimum absolute atomic E-state index is 0.129. The third kappa shape index (κ3) is 5.23. The Kier molecular flexibility index (Phi) is 6.65. The van der Waals surface area contributed by atoms with Crippen LogP contribution < -0.4 is 14.8 Å². The number of fused-ring (bicyclic) bond motifs is 1. The number of carbonyl (C=O) groups is 2. The fourth-order valence-electron chi connectivity index (χ4n) is 3.28. The number of imidazole rings is 1. The molecular formula is C23H24N4O4S. The number of aryl methyl sites for hydroxylation is 1. The number of benzene rings is 2. The Balaban J connectivity index is 1.28. The van der Waals surface area contributed by atoms with Crippen molar-refractivity contribution in [2.45, 2.75) is 11.3 Å². The van der Waals surface area contributed by atoms with E-state index in [2.05, 4.69) is 10.3 Å². The molecule has 0 aliphatic carbocycles. The topological polar surface area (TPSA) is 85.7 Å². The summed E-state index contributed by atoms with van der Waals surface area (Å²) < 4.78 is 13.5. The number of ether oxygens (including phenoxy) is 2. The van der Waals surface area contributed by atoms with Crippen LogP contribution in [-0.4, -0.2) is 58.3 Å². The van der Waals surface area contributed by atoms with Crippen LogP contribution in [0.5, 0.6) is 11.5 Å². The van der Waals surface area contributed by atoms with E-state index in [-0.39, 0.29) is 23.7 Å². The predicted octanol–water partition coefficient (Wildman–Crippen LogP) is 3.06. The van der Waals surface area contributed by atoms with Gasteiger partial charge in [0.05, 0.1) is 12.3 Å². The molecule has 0 radical (unpaired) electrons. The molecule has 0 spiro atoms. The fourth-order valence-corrected chi connectivity index (χ4v) is 4.01. The summed E-state index contributed by atoms with van der Waals surface area (Å²) in [6, 6.07) is 14.3. The van der Waals surface area contributed by atoms with Gasteiger partial charge >= 0.3 is 0 Å². The van der Waals surface area contributed by atoms with E-state index in [0.717, 1.165) is 5.16 Å². The zero-order chi connectivity index (χ0) is 22.5. The number of hydrogen-bond acceptors (Lipinski definition) is 6. The SMILES string of the molecule is CN(CC1COc2ccccc2O1)C(=O)c1ccc(NC(=O)CSc2nccn2C)cc1. The molecule has 1 aliphatic rings. The Morgan fingerprint density at radius 1 is 1.19 bits per heavy atom. The van der Waals surface area contributed by atoms with Crippen LogP contribution in [0.15, 0.2) is 66.1 Å². The summed E-state index contributed by atoms with van der Waals surface area (Å²) in [4.78, 5) is 30.8. The molecule has 1 aromatic heterocycles. The molecule has 3 aromatic rings. The molecule has 0 bridgehead atoms. The van der Waals surface area contributed by atoms with Gasteiger partial charge in [-0.05, 0) is 36.4 Å². The van der Waals surface area contributed by atoms with Crippen molar-refractivity contribution in [1.29, 1.82) is 0 Å². The summed E-state index contributed by atoms with van der Waals surface area (Å²) in [5.41, 5.74) is 1.17. The van der Waals surface area contributed by atoms with E-state index in [1.807, 2.05) is 42.1 Å². The van der Waals surface area contributed by atoms with Gasteiger partial charge in [-0.1, -0.05) is 23.9 Å². The Bertz CT molecular complexity index is 1100. The summed E-state index contributed by atoms with van der Waals surface area (Å²) in [6.07, 6.45) is 3.28. The number of rotatable bonds is 7. The molecule has 1 unspecified atom stereocenters. The third-order valence-electron chi connectivity index (χ3n) is 4.92. The van der Waals surface area contributed by atoms with Gasteiger partial charge in [-0.3, -0.25) is 9.59 Å². The minimum Gasteiger partial charge on any atom is -0.486 e. The second-order valence-corrected chi connectivity index (χ2v) is 8.36. The van der Waals surface area contributed by atoms with Gasteiger partial charge < -0.3 is 24.3 Å². The maximum atomic E-state index is 12.8. The van der Waals surface area contributed by atoms with E-state index in [1.54, 1.807) is 42.4 Å². The van der Waals surface area contributed by atoms with Crippen molar-refractivity contribution in [1.82, 2.24) is 14.5 Å². The second kappa shape index (κ2) is 9.78. The van der Waals surface area contributed by atoms with Crippen molar-refractivity contribution in [2.75, 3.05) is 31.3 Å². The number of aromatic nitrogens is 2. The van der Waals surface area contributed by atoms with Crippen LogP contribution >= 0.6 is 11.8 Å². The largest absolute Gasteiger partial charge is 0.486 e. The lowest BCUT2D eigenvalue weighted by Crippen LogP contribution is -2.41. The lowest BCUT2D eigenvalue weighted by molar-refractivity contribution is -0.113. The van der Waals surface area contributed by atoms with Crippen LogP contribution in [0.1, 0.15) is 10.4 Å². The molecule has 0 fully saturated rings. The van der Waals surface area contributed by atoms with Gasteiger partial charge in [0, 0.05) is 37.7 Å². The number of para-hydroxylation sites is 2. The number of carbonyl (C=O) groups excluding carboxylic acids is 2. The van der Waals surface area contributed by atoms with Crippen molar-refractivity contribution in [2.24, 2.45) is 7.05 Å². The van der Waals surface area contributed by atoms with Crippen LogP contribution in [0.25, 0.3) is 0 Å². The highest BCUT2D eigenvalue weighted by molar-refractivity contribution is 7.99. The molecule has 166 valence electrons. The highest BCUT2D eigenvalue weighted by Crippen LogP contribution is 2.31. The Labute approximate surface area is 190 Å². The molecule has 2 amide bonds. The smallest absolute Gasteiger partial charge is 0.253 e. The summed E-state index contributed by atoms with van der Waals surface area (Å²) in [7, 11) is 3.61. The number of hydrogen-bond donors (Lipinski definition) is 1. The molecule has 1 atom stereocenters. The van der Waals surface area contributed by atoms with Crippen molar-refractivity contribution < 1.29 is 19.1 Å². The van der Waals surface area contributed by atoms with Crippen LogP contribution in [-0.2, 0) is 11.8 Å². The number of nitrogens with one attached hydrogen (secondary N) is 1. The van der Waals surface area contributed by atoms with Gasteiger partial charge in [-0.25, -0.2) is 4.98 Å². The average molecular weight is 453 g/mol. The summed E-state index contributed by atoms with van der Waals surface area (Å²) in [5, 5.41) is 3.61. The molecular weight excluding hydrogens is 428 g/mol. The first-order valence-electron chi connectivity index (χ1n) is 10.1. The summed E-state index contributed by atoms with van der Waals surface area (Å²) in [6.45, 7) is 0.784. The number of likely N-dealkylation sites (N-methyl/N-ethyl adjacent to an activating group) is 1. The van der Waals surface area contributed by atoms with Gasteiger partial charge in [-0.15, -0.1) is 0 Å². The quantitative estimate of drug-likeness (QED) is 0.555. The lowest BCUT2D eigenvalue weighted by Gasteiger charge is -2.29. The fraction of sp³-hybridized carbons (Fsp3) is 0.261. The summed E-state index contributed by atoms with van der Waals surface area (Å²) in [5.74, 6) is 1.39. The molecule has 0 saturated heterocycles. The van der Waals surface area contributed by atoms with Gasteiger partial charge in [-0.2, -0.15) is 0 Å². The number of nitrogens with zero attached hydrogens (tertiary/aromatic N) is 3. The predicted molar refractivity (Wildman–Crippen MR) is 122 cm³/mol. The molecule has 2 aromatic carbocycles. The van der Waals surface area contributed by atoms with Crippen molar-refractivity contribution in [3.63, 3.8) is 0 Å². The van der Waals surface area contributed by atoms with E-state index >= 15 is 0 Å². The van der Waals surface area contributed by atoms with Crippen molar-refractivity contribution in [3.05, 3.63) is 66.5 Å². The monoisotopic (exact) mass is 452 g/mol. The van der Waals surface area contributed by atoms with E-state index in [4.69, 9.17) is 9.47 Å². The molecule has 4 rings (SSSR count). The summed E-state index contributed by atoms with van der Waals surface area (Å²) >= 11 is 1.36. The first-order chi connectivity index (χ1) is 15.5. The Morgan fingerprint density at radius 2 is 1.94 bits per heavy atom. The van der Waals surface area contributed by atoms with Gasteiger partial charge in [0.2, 0.25) is 5.91 Å². The maximum absolute atomic E-state index is 12.8. The van der Waals surface area contributed by atoms with E-state index < -0.39 is 0 Å². The first-order valence-corrected chi connectivity index (χ1v) is 11.1. The number of thioether (sulfide) groups is 1. The molecule has 9 heteroatoms. The lowest BCUT2D eigenvalue weighted by atomic mass is 10.1. The molecule has 1 aliphatic heterocycles. The number of amides is 2. The highest BCUT2D eigenvalue weighted by Gasteiger charge is 2.24. The Hall–Kier alpha value is -3.46. The van der Waals surface area contributed by atoms with Crippen LogP contribution in [0.2, 0.25) is 0 Å². The molecule has 8 nitrogen and oxygen atoms in total. The van der Waals surface area contributed by atoms with Crippen LogP contribution in [0.4, 0.5) is 5.69 Å². The Morgan fingerprint density at radius 3 is 2.66 bits per heavy atom. The van der Waals surface area contributed by atoms with Gasteiger partial charge in [0.1, 0.15) is 6.61 Å². The normalized spacial score (nSPS) is 14.6. The second-order valence-electron chi connectivity index (χ2n) is 7.42. The maximum Gasteiger partial charge on any atom is 0.253 e. The average Bonchev–Trinajstić information content (AvgIpc) is 3.22. The van der Waals surface area contributed by atoms with E-state index in [1.165, 1.54) is 11.8 Å². The molecule has 32 heavy (non-hydrogen) atoms. The van der Waals surface area contributed by atoms with Gasteiger partial charge in [0.25, 0.3) is 5.91 Å². The van der Waals surface area contributed by atoms with Gasteiger partial charge in [0.15, 0.2) is 22.8 Å². The molecule has 0 saturated carbocycles. The number of anilines is 1. The zero-order valence-electron chi connectivity index (χ0n) is 17.9. The van der Waals surface area contributed by atoms with Crippen molar-refractivity contribution in [3.8, 4) is 11.5 Å².